The molecule has 2 unspecified atom stereocenters. The van der Waals surface area contributed by atoms with Crippen molar-refractivity contribution in [1.82, 2.24) is 0 Å². The fourth-order valence-corrected chi connectivity index (χ4v) is 6.06. The van der Waals surface area contributed by atoms with Gasteiger partial charge in [0.2, 0.25) is 0 Å². The monoisotopic (exact) mass is 454 g/mol. The molecule has 2 heteroatoms. The Hall–Kier alpha value is -2.26. The van der Waals surface area contributed by atoms with Crippen LogP contribution in [0.15, 0.2) is 97.1 Å². The predicted octanol–water partition coefficient (Wildman–Crippen LogP) is 7.86. The highest BCUT2D eigenvalue weighted by atomic mass is 31.1. The molecule has 0 aliphatic heterocycles. The average molecular weight is 455 g/mol. The van der Waals surface area contributed by atoms with Gasteiger partial charge in [-0.1, -0.05) is 119 Å². The third-order valence-corrected chi connectivity index (χ3v) is 8.14. The zero-order chi connectivity index (χ0) is 22.9. The first kappa shape index (κ1) is 22.9. The van der Waals surface area contributed by atoms with Crippen LogP contribution in [0.4, 0.5) is 0 Å². The Bertz CT molecular complexity index is 1070. The summed E-state index contributed by atoms with van der Waals surface area (Å²) in [5, 5.41) is 0. The molecule has 0 fully saturated rings. The summed E-state index contributed by atoms with van der Waals surface area (Å²) >= 11 is 0. The van der Waals surface area contributed by atoms with Gasteiger partial charge >= 0.3 is 0 Å². The number of hydrogen-bond acceptors (Lipinski definition) is 0. The molecule has 0 nitrogen and oxygen atoms in total. The highest BCUT2D eigenvalue weighted by Gasteiger charge is 2.50. The Labute approximate surface area is 197 Å². The molecule has 0 aliphatic rings. The Morgan fingerprint density at radius 1 is 0.375 bits per heavy atom. The second kappa shape index (κ2) is 8.94. The molecule has 0 radical (unpaired) electrons. The van der Waals surface area contributed by atoms with E-state index in [0.717, 1.165) is 0 Å². The zero-order valence-electron chi connectivity index (χ0n) is 19.4. The Morgan fingerprint density at radius 3 is 0.844 bits per heavy atom. The average Bonchev–Trinajstić information content (AvgIpc) is 2.78. The van der Waals surface area contributed by atoms with Crippen molar-refractivity contribution in [2.75, 3.05) is 0 Å². The first-order valence-corrected chi connectivity index (χ1v) is 12.3. The van der Waals surface area contributed by atoms with Gasteiger partial charge in [0.05, 0.1) is 5.41 Å². The molecule has 0 spiro atoms. The maximum absolute atomic E-state index is 3.21. The van der Waals surface area contributed by atoms with Gasteiger partial charge in [0.1, 0.15) is 0 Å². The lowest BCUT2D eigenvalue weighted by atomic mass is 9.64. The summed E-state index contributed by atoms with van der Waals surface area (Å²) in [5.41, 5.74) is 9.75. The molecule has 0 amide bonds. The normalized spacial score (nSPS) is 12.1. The third kappa shape index (κ3) is 3.96. The van der Waals surface area contributed by atoms with E-state index in [1.165, 1.54) is 44.5 Å². The van der Waals surface area contributed by atoms with Crippen LogP contribution in [0.25, 0.3) is 0 Å². The van der Waals surface area contributed by atoms with Crippen LogP contribution in [0, 0.1) is 27.7 Å². The summed E-state index contributed by atoms with van der Waals surface area (Å²) in [6, 6.07) is 36.1. The highest BCUT2D eigenvalue weighted by molar-refractivity contribution is 7.39. The Kier molecular flexibility index (Phi) is 6.40. The highest BCUT2D eigenvalue weighted by Crippen LogP contribution is 2.60. The van der Waals surface area contributed by atoms with Crippen molar-refractivity contribution in [2.45, 2.75) is 38.0 Å². The molecule has 0 bridgehead atoms. The summed E-state index contributed by atoms with van der Waals surface area (Å²) in [6.45, 7) is 8.59. The largest absolute Gasteiger partial charge is 0.121 e. The van der Waals surface area contributed by atoms with Gasteiger partial charge in [-0.2, -0.15) is 0 Å². The number of benzene rings is 4. The van der Waals surface area contributed by atoms with Gasteiger partial charge in [-0.3, -0.25) is 0 Å². The summed E-state index contributed by atoms with van der Waals surface area (Å²) in [4.78, 5) is -0.375. The van der Waals surface area contributed by atoms with Gasteiger partial charge in [0, 0.05) is 4.90 Å². The minimum atomic E-state index is -0.424. The van der Waals surface area contributed by atoms with E-state index in [-0.39, 0.29) is 4.90 Å². The van der Waals surface area contributed by atoms with Crippen molar-refractivity contribution in [3.05, 3.63) is 142 Å². The lowest BCUT2D eigenvalue weighted by Gasteiger charge is -2.48. The van der Waals surface area contributed by atoms with E-state index in [1.807, 2.05) is 0 Å². The molecule has 4 rings (SSSR count). The lowest BCUT2D eigenvalue weighted by molar-refractivity contribution is 0.560. The molecular weight excluding hydrogens is 422 g/mol. The fourth-order valence-electron chi connectivity index (χ4n) is 4.67. The van der Waals surface area contributed by atoms with Gasteiger partial charge in [-0.15, -0.1) is 18.5 Å². The van der Waals surface area contributed by atoms with E-state index in [4.69, 9.17) is 0 Å². The molecule has 32 heavy (non-hydrogen) atoms. The maximum atomic E-state index is 3.21. The maximum Gasteiger partial charge on any atom is 0.0616 e. The van der Waals surface area contributed by atoms with Crippen molar-refractivity contribution in [1.29, 1.82) is 0 Å². The minimum Gasteiger partial charge on any atom is -0.121 e. The first-order valence-electron chi connectivity index (χ1n) is 11.1. The van der Waals surface area contributed by atoms with Crippen LogP contribution in [-0.2, 0) is 10.3 Å². The van der Waals surface area contributed by atoms with Gasteiger partial charge in [0.15, 0.2) is 0 Å². The standard InChI is InChI=1S/C30H32P2/c1-21-5-13-25(14-6-21)29(26-15-7-22(2)8-16-26,27-17-9-23(3)10-18-27)30(31,32)28-19-11-24(4)12-20-28/h5-20H,31-32H2,1-4H3. The fraction of sp³-hybridized carbons (Fsp3) is 0.200. The van der Waals surface area contributed by atoms with Crippen molar-refractivity contribution >= 4 is 18.5 Å². The predicted molar refractivity (Wildman–Crippen MR) is 146 cm³/mol. The SMILES string of the molecule is Cc1ccc(C(P)(P)C(c2ccc(C)cc2)(c2ccc(C)cc2)c2ccc(C)cc2)cc1. The zero-order valence-corrected chi connectivity index (χ0v) is 21.7. The number of aryl methyl sites for hydroxylation is 4. The van der Waals surface area contributed by atoms with Crippen LogP contribution < -0.4 is 0 Å². The van der Waals surface area contributed by atoms with E-state index in [9.17, 15) is 0 Å². The first-order chi connectivity index (χ1) is 15.2. The molecule has 0 aliphatic carbocycles. The molecule has 0 aromatic heterocycles. The topological polar surface area (TPSA) is 0 Å². The lowest BCUT2D eigenvalue weighted by Crippen LogP contribution is -2.43. The van der Waals surface area contributed by atoms with Crippen LogP contribution in [-0.4, -0.2) is 0 Å². The summed E-state index contributed by atoms with van der Waals surface area (Å²) in [5.74, 6) is 0. The van der Waals surface area contributed by atoms with Gasteiger partial charge < -0.3 is 0 Å². The second-order valence-corrected chi connectivity index (χ2v) is 11.6. The van der Waals surface area contributed by atoms with Gasteiger partial charge in [0.25, 0.3) is 0 Å². The van der Waals surface area contributed by atoms with E-state index < -0.39 is 5.41 Å². The van der Waals surface area contributed by atoms with Crippen LogP contribution in [0.5, 0.6) is 0 Å². The van der Waals surface area contributed by atoms with Crippen molar-refractivity contribution < 1.29 is 0 Å². The van der Waals surface area contributed by atoms with Crippen molar-refractivity contribution in [2.24, 2.45) is 0 Å². The molecule has 2 atom stereocenters. The van der Waals surface area contributed by atoms with Crippen LogP contribution in [0.2, 0.25) is 0 Å². The molecular formula is C30H32P2. The molecule has 0 N–H and O–H groups in total. The Morgan fingerprint density at radius 2 is 0.594 bits per heavy atom. The Balaban J connectivity index is 2.13. The number of hydrogen-bond donors (Lipinski definition) is 0. The van der Waals surface area contributed by atoms with Crippen molar-refractivity contribution in [3.8, 4) is 0 Å². The van der Waals surface area contributed by atoms with Crippen molar-refractivity contribution in [3.63, 3.8) is 0 Å². The summed E-state index contributed by atoms with van der Waals surface area (Å²) in [7, 11) is 6.42. The minimum absolute atomic E-state index is 0.375. The summed E-state index contributed by atoms with van der Waals surface area (Å²) in [6.07, 6.45) is 0. The number of rotatable bonds is 5. The molecule has 0 heterocycles. The second-order valence-electron chi connectivity index (χ2n) is 9.08. The molecule has 0 saturated heterocycles. The van der Waals surface area contributed by atoms with E-state index >= 15 is 0 Å². The van der Waals surface area contributed by atoms with Crippen LogP contribution >= 0.6 is 18.5 Å². The molecule has 162 valence electrons. The van der Waals surface area contributed by atoms with Gasteiger partial charge in [-0.25, -0.2) is 0 Å². The van der Waals surface area contributed by atoms with E-state index in [0.29, 0.717) is 0 Å². The third-order valence-electron chi connectivity index (χ3n) is 6.60. The van der Waals surface area contributed by atoms with E-state index in [1.54, 1.807) is 0 Å². The van der Waals surface area contributed by atoms with Crippen LogP contribution in [0.3, 0.4) is 0 Å². The quantitative estimate of drug-likeness (QED) is 0.213. The molecule has 4 aromatic carbocycles. The molecule has 4 aromatic rings. The van der Waals surface area contributed by atoms with Gasteiger partial charge in [-0.05, 0) is 49.9 Å². The smallest absolute Gasteiger partial charge is 0.0616 e. The molecule has 0 saturated carbocycles. The van der Waals surface area contributed by atoms with Crippen LogP contribution in [0.1, 0.15) is 44.5 Å². The summed E-state index contributed by atoms with van der Waals surface area (Å²) < 4.78 is 0. The van der Waals surface area contributed by atoms with E-state index in [2.05, 4.69) is 143 Å².